The normalized spacial score (nSPS) is 21.3. The number of anilines is 1. The van der Waals surface area contributed by atoms with E-state index in [0.717, 1.165) is 29.5 Å². The molecule has 0 aliphatic heterocycles. The third-order valence-electron chi connectivity index (χ3n) is 4.43. The van der Waals surface area contributed by atoms with Gasteiger partial charge < -0.3 is 9.64 Å². The van der Waals surface area contributed by atoms with E-state index in [1.807, 2.05) is 13.8 Å². The minimum atomic E-state index is -0.405. The van der Waals surface area contributed by atoms with Crippen molar-refractivity contribution in [2.24, 2.45) is 11.8 Å². The molecule has 1 heterocycles. The number of hydrogen-bond acceptors (Lipinski definition) is 4. The molecule has 1 saturated carbocycles. The van der Waals surface area contributed by atoms with Gasteiger partial charge in [-0.25, -0.2) is 4.79 Å². The molecule has 0 unspecified atom stereocenters. The standard InChI is InChI=1S/C17H24BrNO3S/c1-10(2)19(15(20)12-7-5-11(3)6-8-12)16-13(17(21)22-4)9-14(18)23-16/h9-12H,5-8H2,1-4H3. The number of thiophene rings is 1. The molecular weight excluding hydrogens is 378 g/mol. The van der Waals surface area contributed by atoms with Crippen LogP contribution in [-0.2, 0) is 9.53 Å². The Morgan fingerprint density at radius 3 is 2.43 bits per heavy atom. The zero-order valence-corrected chi connectivity index (χ0v) is 16.5. The monoisotopic (exact) mass is 401 g/mol. The number of hydrogen-bond donors (Lipinski definition) is 0. The molecule has 1 fully saturated rings. The maximum atomic E-state index is 13.1. The number of amides is 1. The largest absolute Gasteiger partial charge is 0.465 e. The summed E-state index contributed by atoms with van der Waals surface area (Å²) in [6, 6.07) is 1.73. The third-order valence-corrected chi connectivity index (χ3v) is 6.06. The Hall–Kier alpha value is -0.880. The predicted molar refractivity (Wildman–Crippen MR) is 97.1 cm³/mol. The first-order valence-corrected chi connectivity index (χ1v) is 9.66. The van der Waals surface area contributed by atoms with Crippen molar-refractivity contribution >= 4 is 44.1 Å². The van der Waals surface area contributed by atoms with Crippen LogP contribution < -0.4 is 4.90 Å². The molecule has 0 aromatic carbocycles. The van der Waals surface area contributed by atoms with E-state index in [-0.39, 0.29) is 17.9 Å². The predicted octanol–water partition coefficient (Wildman–Crippen LogP) is 4.86. The summed E-state index contributed by atoms with van der Waals surface area (Å²) in [7, 11) is 1.36. The fourth-order valence-corrected chi connectivity index (χ4v) is 4.78. The fraction of sp³-hybridized carbons (Fsp3) is 0.647. The van der Waals surface area contributed by atoms with Gasteiger partial charge in [0.1, 0.15) is 5.00 Å². The van der Waals surface area contributed by atoms with Crippen molar-refractivity contribution in [3.8, 4) is 0 Å². The molecule has 1 aliphatic carbocycles. The van der Waals surface area contributed by atoms with Crippen molar-refractivity contribution < 1.29 is 14.3 Å². The summed E-state index contributed by atoms with van der Waals surface area (Å²) in [5.74, 6) is 0.483. The van der Waals surface area contributed by atoms with Crippen LogP contribution in [0.2, 0.25) is 0 Å². The molecule has 1 aromatic heterocycles. The summed E-state index contributed by atoms with van der Waals surface area (Å²) in [4.78, 5) is 26.9. The maximum absolute atomic E-state index is 13.1. The van der Waals surface area contributed by atoms with Crippen LogP contribution in [-0.4, -0.2) is 25.0 Å². The lowest BCUT2D eigenvalue weighted by molar-refractivity contribution is -0.123. The molecule has 1 aliphatic rings. The zero-order chi connectivity index (χ0) is 17.1. The van der Waals surface area contributed by atoms with Gasteiger partial charge in [-0.05, 0) is 67.4 Å². The average molecular weight is 402 g/mol. The maximum Gasteiger partial charge on any atom is 0.340 e. The van der Waals surface area contributed by atoms with E-state index in [2.05, 4.69) is 22.9 Å². The minimum absolute atomic E-state index is 0.00388. The number of carbonyl (C=O) groups excluding carboxylic acids is 2. The van der Waals surface area contributed by atoms with E-state index in [9.17, 15) is 9.59 Å². The number of nitrogens with zero attached hydrogens (tertiary/aromatic N) is 1. The molecule has 0 spiro atoms. The third kappa shape index (κ3) is 4.15. The van der Waals surface area contributed by atoms with Crippen LogP contribution in [0.15, 0.2) is 9.85 Å². The highest BCUT2D eigenvalue weighted by atomic mass is 79.9. The van der Waals surface area contributed by atoms with Gasteiger partial charge in [-0.3, -0.25) is 4.79 Å². The zero-order valence-electron chi connectivity index (χ0n) is 14.1. The van der Waals surface area contributed by atoms with Gasteiger partial charge >= 0.3 is 5.97 Å². The second kappa shape index (κ2) is 7.79. The minimum Gasteiger partial charge on any atom is -0.465 e. The summed E-state index contributed by atoms with van der Waals surface area (Å²) in [5, 5.41) is 0.683. The van der Waals surface area contributed by atoms with E-state index < -0.39 is 5.97 Å². The van der Waals surface area contributed by atoms with Crippen LogP contribution in [0.5, 0.6) is 0 Å². The quantitative estimate of drug-likeness (QED) is 0.676. The Morgan fingerprint density at radius 2 is 1.91 bits per heavy atom. The van der Waals surface area contributed by atoms with E-state index in [0.29, 0.717) is 16.5 Å². The van der Waals surface area contributed by atoms with Crippen LogP contribution in [0.1, 0.15) is 56.8 Å². The first kappa shape index (κ1) is 18.5. The molecule has 0 atom stereocenters. The summed E-state index contributed by atoms with van der Waals surface area (Å²) in [6.07, 6.45) is 4.06. The Bertz CT molecular complexity index is 576. The highest BCUT2D eigenvalue weighted by Gasteiger charge is 2.33. The molecule has 6 heteroatoms. The van der Waals surface area contributed by atoms with Crippen LogP contribution in [0.4, 0.5) is 5.00 Å². The van der Waals surface area contributed by atoms with E-state index in [4.69, 9.17) is 4.74 Å². The van der Waals surface area contributed by atoms with Crippen molar-refractivity contribution in [3.63, 3.8) is 0 Å². The second-order valence-electron chi connectivity index (χ2n) is 6.52. The lowest BCUT2D eigenvalue weighted by Crippen LogP contribution is -2.42. The van der Waals surface area contributed by atoms with Crippen molar-refractivity contribution in [1.82, 2.24) is 0 Å². The van der Waals surface area contributed by atoms with Crippen molar-refractivity contribution in [2.45, 2.75) is 52.5 Å². The van der Waals surface area contributed by atoms with Crippen LogP contribution in [0.25, 0.3) is 0 Å². The molecular formula is C17H24BrNO3S. The summed E-state index contributed by atoms with van der Waals surface area (Å²) >= 11 is 4.83. The van der Waals surface area contributed by atoms with E-state index in [1.54, 1.807) is 11.0 Å². The van der Waals surface area contributed by atoms with E-state index >= 15 is 0 Å². The van der Waals surface area contributed by atoms with Crippen molar-refractivity contribution in [2.75, 3.05) is 12.0 Å². The molecule has 23 heavy (non-hydrogen) atoms. The molecule has 4 nitrogen and oxygen atoms in total. The number of ether oxygens (including phenoxy) is 1. The van der Waals surface area contributed by atoms with Gasteiger partial charge in [0, 0.05) is 12.0 Å². The van der Waals surface area contributed by atoms with Gasteiger partial charge in [-0.15, -0.1) is 11.3 Å². The number of rotatable bonds is 4. The lowest BCUT2D eigenvalue weighted by atomic mass is 9.82. The van der Waals surface area contributed by atoms with Crippen LogP contribution in [0.3, 0.4) is 0 Å². The second-order valence-corrected chi connectivity index (χ2v) is 8.93. The van der Waals surface area contributed by atoms with Crippen molar-refractivity contribution in [1.29, 1.82) is 0 Å². The van der Waals surface area contributed by atoms with Crippen LogP contribution in [0, 0.1) is 11.8 Å². The van der Waals surface area contributed by atoms with Crippen molar-refractivity contribution in [3.05, 3.63) is 15.4 Å². The van der Waals surface area contributed by atoms with Gasteiger partial charge in [0.2, 0.25) is 5.91 Å². The average Bonchev–Trinajstić information content (AvgIpc) is 2.88. The molecule has 0 radical (unpaired) electrons. The first-order valence-electron chi connectivity index (χ1n) is 8.05. The van der Waals surface area contributed by atoms with Gasteiger partial charge in [0.25, 0.3) is 0 Å². The highest BCUT2D eigenvalue weighted by molar-refractivity contribution is 9.11. The van der Waals surface area contributed by atoms with Gasteiger partial charge in [-0.2, -0.15) is 0 Å². The Labute approximate surface area is 150 Å². The summed E-state index contributed by atoms with van der Waals surface area (Å²) in [6.45, 7) is 6.21. The Kier molecular flexibility index (Phi) is 6.26. The molecule has 128 valence electrons. The van der Waals surface area contributed by atoms with Gasteiger partial charge in [-0.1, -0.05) is 6.92 Å². The Balaban J connectivity index is 2.32. The number of halogens is 1. The van der Waals surface area contributed by atoms with E-state index in [1.165, 1.54) is 18.4 Å². The Morgan fingerprint density at radius 1 is 1.30 bits per heavy atom. The SMILES string of the molecule is COC(=O)c1cc(Br)sc1N(C(=O)C1CCC(C)CC1)C(C)C. The summed E-state index contributed by atoms with van der Waals surface area (Å²) < 4.78 is 5.69. The fourth-order valence-electron chi connectivity index (χ4n) is 3.08. The highest BCUT2D eigenvalue weighted by Crippen LogP contribution is 2.39. The van der Waals surface area contributed by atoms with Gasteiger partial charge in [0.05, 0.1) is 16.5 Å². The molecule has 1 amide bonds. The van der Waals surface area contributed by atoms with Gasteiger partial charge in [0.15, 0.2) is 0 Å². The molecule has 0 saturated heterocycles. The molecule has 0 N–H and O–H groups in total. The lowest BCUT2D eigenvalue weighted by Gasteiger charge is -2.33. The number of methoxy groups -OCH3 is 1. The molecule has 0 bridgehead atoms. The van der Waals surface area contributed by atoms with Crippen LogP contribution >= 0.6 is 27.3 Å². The number of esters is 1. The molecule has 1 aromatic rings. The topological polar surface area (TPSA) is 46.6 Å². The molecule has 2 rings (SSSR count). The number of carbonyl (C=O) groups is 2. The summed E-state index contributed by atoms with van der Waals surface area (Å²) in [5.41, 5.74) is 0.454. The first-order chi connectivity index (χ1) is 10.8. The smallest absolute Gasteiger partial charge is 0.340 e.